The summed E-state index contributed by atoms with van der Waals surface area (Å²) in [6.07, 6.45) is 1.22. The summed E-state index contributed by atoms with van der Waals surface area (Å²) in [6.45, 7) is 1.45. The number of ether oxygens (including phenoxy) is 2. The van der Waals surface area contributed by atoms with Crippen LogP contribution in [-0.2, 0) is 4.74 Å². The largest absolute Gasteiger partial charge is 0.418 e. The van der Waals surface area contributed by atoms with Crippen molar-refractivity contribution in [2.45, 2.75) is 18.8 Å². The van der Waals surface area contributed by atoms with Crippen molar-refractivity contribution in [2.24, 2.45) is 0 Å². The highest BCUT2D eigenvalue weighted by atomic mass is 16.6. The molecular formula is C15H16N2O4. The van der Waals surface area contributed by atoms with E-state index in [1.54, 1.807) is 30.3 Å². The molecule has 1 N–H and O–H groups in total. The van der Waals surface area contributed by atoms with Gasteiger partial charge in [0.2, 0.25) is 0 Å². The van der Waals surface area contributed by atoms with E-state index in [2.05, 4.69) is 10.5 Å². The quantitative estimate of drug-likeness (QED) is 0.939. The van der Waals surface area contributed by atoms with Crippen LogP contribution in [0.25, 0.3) is 0 Å². The van der Waals surface area contributed by atoms with E-state index in [0.29, 0.717) is 17.5 Å². The number of benzene rings is 1. The number of carbonyl (C=O) groups excluding carboxylic acids is 1. The lowest BCUT2D eigenvalue weighted by Crippen LogP contribution is -2.16. The van der Waals surface area contributed by atoms with Crippen molar-refractivity contribution in [1.29, 1.82) is 0 Å². The van der Waals surface area contributed by atoms with Crippen molar-refractivity contribution >= 4 is 11.9 Å². The van der Waals surface area contributed by atoms with Crippen LogP contribution >= 0.6 is 0 Å². The first-order valence-corrected chi connectivity index (χ1v) is 6.89. The Morgan fingerprint density at radius 3 is 2.76 bits per heavy atom. The molecule has 2 heterocycles. The summed E-state index contributed by atoms with van der Waals surface area (Å²) in [7, 11) is 0. The Morgan fingerprint density at radius 2 is 2.00 bits per heavy atom. The molecule has 0 saturated carbocycles. The lowest BCUT2D eigenvalue weighted by atomic mass is 9.98. The van der Waals surface area contributed by atoms with Gasteiger partial charge < -0.3 is 14.0 Å². The summed E-state index contributed by atoms with van der Waals surface area (Å²) < 4.78 is 15.7. The highest BCUT2D eigenvalue weighted by Gasteiger charge is 2.21. The summed E-state index contributed by atoms with van der Waals surface area (Å²) in [6, 6.07) is 10.6. The average molecular weight is 288 g/mol. The number of para-hydroxylation sites is 1. The zero-order chi connectivity index (χ0) is 14.5. The van der Waals surface area contributed by atoms with Crippen LogP contribution in [-0.4, -0.2) is 24.5 Å². The van der Waals surface area contributed by atoms with E-state index in [4.69, 9.17) is 14.0 Å². The Kier molecular flexibility index (Phi) is 4.16. The van der Waals surface area contributed by atoms with Crippen LogP contribution in [0.3, 0.4) is 0 Å². The molecule has 0 bridgehead atoms. The summed E-state index contributed by atoms with van der Waals surface area (Å²) in [5.41, 5.74) is 0. The first-order chi connectivity index (χ1) is 10.3. The molecule has 110 valence electrons. The number of nitrogens with zero attached hydrogens (tertiary/aromatic N) is 1. The molecule has 21 heavy (non-hydrogen) atoms. The predicted octanol–water partition coefficient (Wildman–Crippen LogP) is 3.18. The second-order valence-corrected chi connectivity index (χ2v) is 4.83. The van der Waals surface area contributed by atoms with Gasteiger partial charge in [-0.05, 0) is 25.0 Å². The predicted molar refractivity (Wildman–Crippen MR) is 75.4 cm³/mol. The van der Waals surface area contributed by atoms with Crippen LogP contribution in [0.2, 0.25) is 0 Å². The van der Waals surface area contributed by atoms with Gasteiger partial charge in [-0.3, -0.25) is 5.32 Å². The van der Waals surface area contributed by atoms with E-state index in [0.717, 1.165) is 31.8 Å². The Balaban J connectivity index is 1.57. The molecule has 1 aromatic carbocycles. The van der Waals surface area contributed by atoms with Crippen LogP contribution < -0.4 is 10.1 Å². The third kappa shape index (κ3) is 3.61. The number of anilines is 1. The molecular weight excluding hydrogens is 272 g/mol. The van der Waals surface area contributed by atoms with Crippen LogP contribution in [0.15, 0.2) is 40.9 Å². The number of rotatable bonds is 3. The van der Waals surface area contributed by atoms with Crippen molar-refractivity contribution < 1.29 is 18.8 Å². The number of amides is 1. The Hall–Kier alpha value is -2.34. The Morgan fingerprint density at radius 1 is 1.24 bits per heavy atom. The number of hydrogen-bond acceptors (Lipinski definition) is 5. The fourth-order valence-electron chi connectivity index (χ4n) is 2.25. The van der Waals surface area contributed by atoms with E-state index in [1.165, 1.54) is 0 Å². The molecule has 3 rings (SSSR count). The Labute approximate surface area is 122 Å². The van der Waals surface area contributed by atoms with Crippen LogP contribution in [0.4, 0.5) is 10.6 Å². The molecule has 2 aromatic rings. The topological polar surface area (TPSA) is 73.6 Å². The maximum absolute atomic E-state index is 11.7. The van der Waals surface area contributed by atoms with E-state index in [1.807, 2.05) is 6.07 Å². The molecule has 0 radical (unpaired) electrons. The van der Waals surface area contributed by atoms with Gasteiger partial charge in [-0.25, -0.2) is 4.79 Å². The zero-order valence-electron chi connectivity index (χ0n) is 11.5. The number of carbonyl (C=O) groups is 1. The van der Waals surface area contributed by atoms with Crippen molar-refractivity contribution in [3.63, 3.8) is 0 Å². The van der Waals surface area contributed by atoms with Crippen molar-refractivity contribution in [1.82, 2.24) is 5.16 Å². The Bertz CT molecular complexity index is 591. The summed E-state index contributed by atoms with van der Waals surface area (Å²) in [5.74, 6) is 1.90. The molecule has 0 unspecified atom stereocenters. The molecule has 1 aromatic heterocycles. The number of nitrogens with one attached hydrogen (secondary N) is 1. The van der Waals surface area contributed by atoms with E-state index >= 15 is 0 Å². The van der Waals surface area contributed by atoms with Gasteiger partial charge in [0.05, 0.1) is 0 Å². The van der Waals surface area contributed by atoms with Crippen LogP contribution in [0.5, 0.6) is 5.75 Å². The van der Waals surface area contributed by atoms with Crippen molar-refractivity contribution in [2.75, 3.05) is 18.5 Å². The first-order valence-electron chi connectivity index (χ1n) is 6.89. The number of hydrogen-bond donors (Lipinski definition) is 1. The lowest BCUT2D eigenvalue weighted by molar-refractivity contribution is 0.0791. The van der Waals surface area contributed by atoms with Gasteiger partial charge in [0.25, 0.3) is 0 Å². The third-order valence-electron chi connectivity index (χ3n) is 3.34. The third-order valence-corrected chi connectivity index (χ3v) is 3.34. The molecule has 1 fully saturated rings. The smallest absolute Gasteiger partial charge is 0.410 e. The van der Waals surface area contributed by atoms with E-state index in [-0.39, 0.29) is 0 Å². The molecule has 0 aliphatic carbocycles. The normalized spacial score (nSPS) is 15.6. The molecule has 1 amide bonds. The van der Waals surface area contributed by atoms with Crippen molar-refractivity contribution in [3.8, 4) is 5.75 Å². The maximum Gasteiger partial charge on any atom is 0.418 e. The molecule has 1 aliphatic heterocycles. The fraction of sp³-hybridized carbons (Fsp3) is 0.333. The molecule has 1 saturated heterocycles. The monoisotopic (exact) mass is 288 g/mol. The van der Waals surface area contributed by atoms with Crippen LogP contribution in [0.1, 0.15) is 24.5 Å². The molecule has 6 nitrogen and oxygen atoms in total. The minimum absolute atomic E-state index is 0.298. The SMILES string of the molecule is O=C(Nc1cc(C2CCOCC2)on1)Oc1ccccc1. The van der Waals surface area contributed by atoms with Gasteiger partial charge in [0.1, 0.15) is 11.5 Å². The molecule has 6 heteroatoms. The number of aromatic nitrogens is 1. The first kappa shape index (κ1) is 13.6. The maximum atomic E-state index is 11.7. The average Bonchev–Trinajstić information content (AvgIpc) is 2.97. The van der Waals surface area contributed by atoms with Gasteiger partial charge in [-0.15, -0.1) is 0 Å². The second kappa shape index (κ2) is 6.41. The van der Waals surface area contributed by atoms with Crippen molar-refractivity contribution in [3.05, 3.63) is 42.2 Å². The minimum Gasteiger partial charge on any atom is -0.410 e. The van der Waals surface area contributed by atoms with Gasteiger partial charge in [0, 0.05) is 25.2 Å². The highest BCUT2D eigenvalue weighted by Crippen LogP contribution is 2.28. The van der Waals surface area contributed by atoms with Gasteiger partial charge in [0.15, 0.2) is 5.82 Å². The van der Waals surface area contributed by atoms with E-state index in [9.17, 15) is 4.79 Å². The van der Waals surface area contributed by atoms with Crippen LogP contribution in [0, 0.1) is 0 Å². The molecule has 0 spiro atoms. The fourth-order valence-corrected chi connectivity index (χ4v) is 2.25. The molecule has 0 atom stereocenters. The minimum atomic E-state index is -0.590. The van der Waals surface area contributed by atoms with E-state index < -0.39 is 6.09 Å². The highest BCUT2D eigenvalue weighted by molar-refractivity contribution is 5.85. The molecule has 1 aliphatic rings. The standard InChI is InChI=1S/C15H16N2O4/c18-15(20-12-4-2-1-3-5-12)16-14-10-13(21-17-14)11-6-8-19-9-7-11/h1-5,10-11H,6-9H2,(H,16,17,18). The summed E-state index contributed by atoms with van der Waals surface area (Å²) >= 11 is 0. The van der Waals surface area contributed by atoms with Gasteiger partial charge in [-0.1, -0.05) is 23.4 Å². The van der Waals surface area contributed by atoms with Gasteiger partial charge in [-0.2, -0.15) is 0 Å². The summed E-state index contributed by atoms with van der Waals surface area (Å²) in [4.78, 5) is 11.7. The second-order valence-electron chi connectivity index (χ2n) is 4.83. The zero-order valence-corrected chi connectivity index (χ0v) is 11.5. The van der Waals surface area contributed by atoms with Gasteiger partial charge >= 0.3 is 6.09 Å². The summed E-state index contributed by atoms with van der Waals surface area (Å²) in [5, 5.41) is 6.40. The lowest BCUT2D eigenvalue weighted by Gasteiger charge is -2.18.